The average Bonchev–Trinajstić information content (AvgIpc) is 2.63. The van der Waals surface area contributed by atoms with E-state index in [2.05, 4.69) is 15.6 Å². The SMILES string of the molecule is CCNC(=NCc1ccc(F)c(C)c1)NCCCCn1ccccc1=O.I. The fraction of sp³-hybridized carbons (Fsp3) is 0.400. The second-order valence-corrected chi connectivity index (χ2v) is 6.14. The number of hydrogen-bond donors (Lipinski definition) is 2. The van der Waals surface area contributed by atoms with E-state index in [1.807, 2.05) is 25.3 Å². The zero-order valence-electron chi connectivity index (χ0n) is 15.9. The topological polar surface area (TPSA) is 58.4 Å². The average molecular weight is 486 g/mol. The molecule has 0 fully saturated rings. The van der Waals surface area contributed by atoms with E-state index in [0.29, 0.717) is 18.7 Å². The number of halogens is 2. The normalized spacial score (nSPS) is 11.0. The van der Waals surface area contributed by atoms with Gasteiger partial charge in [0.15, 0.2) is 5.96 Å². The van der Waals surface area contributed by atoms with Gasteiger partial charge >= 0.3 is 0 Å². The molecule has 7 heteroatoms. The van der Waals surface area contributed by atoms with Gasteiger partial charge in [-0.1, -0.05) is 18.2 Å². The van der Waals surface area contributed by atoms with Gasteiger partial charge in [-0.2, -0.15) is 0 Å². The predicted octanol–water partition coefficient (Wildman–Crippen LogP) is 3.45. The Morgan fingerprint density at radius 3 is 2.70 bits per heavy atom. The number of benzene rings is 1. The standard InChI is InChI=1S/C20H27FN4O.HI/c1-3-22-20(24-15-17-9-10-18(21)16(2)14-17)23-11-5-7-13-25-12-6-4-8-19(25)26;/h4,6,8-10,12,14H,3,5,7,11,13,15H2,1-2H3,(H2,22,23,24);1H. The van der Waals surface area contributed by atoms with Crippen LogP contribution in [0.15, 0.2) is 52.4 Å². The van der Waals surface area contributed by atoms with Crippen molar-refractivity contribution < 1.29 is 4.39 Å². The third kappa shape index (κ3) is 8.11. The van der Waals surface area contributed by atoms with Crippen LogP contribution in [0.5, 0.6) is 0 Å². The molecule has 0 spiro atoms. The summed E-state index contributed by atoms with van der Waals surface area (Å²) in [5, 5.41) is 6.50. The van der Waals surface area contributed by atoms with Crippen molar-refractivity contribution in [1.82, 2.24) is 15.2 Å². The Labute approximate surface area is 177 Å². The van der Waals surface area contributed by atoms with Crippen LogP contribution < -0.4 is 16.2 Å². The smallest absolute Gasteiger partial charge is 0.250 e. The maximum Gasteiger partial charge on any atom is 0.250 e. The number of hydrogen-bond acceptors (Lipinski definition) is 2. The van der Waals surface area contributed by atoms with Crippen LogP contribution in [0.4, 0.5) is 4.39 Å². The largest absolute Gasteiger partial charge is 0.357 e. The van der Waals surface area contributed by atoms with E-state index >= 15 is 0 Å². The van der Waals surface area contributed by atoms with Crippen molar-refractivity contribution in [2.45, 2.75) is 39.8 Å². The third-order valence-electron chi connectivity index (χ3n) is 4.00. The van der Waals surface area contributed by atoms with Crippen LogP contribution in [-0.4, -0.2) is 23.6 Å². The van der Waals surface area contributed by atoms with Gasteiger partial charge in [0.05, 0.1) is 6.54 Å². The molecule has 0 atom stereocenters. The molecule has 1 aromatic heterocycles. The highest BCUT2D eigenvalue weighted by Crippen LogP contribution is 2.10. The lowest BCUT2D eigenvalue weighted by Gasteiger charge is -2.12. The Hall–Kier alpha value is -1.90. The van der Waals surface area contributed by atoms with Crippen molar-refractivity contribution in [1.29, 1.82) is 0 Å². The second-order valence-electron chi connectivity index (χ2n) is 6.14. The first-order valence-corrected chi connectivity index (χ1v) is 9.03. The molecule has 0 unspecified atom stereocenters. The fourth-order valence-corrected chi connectivity index (χ4v) is 2.58. The molecule has 1 heterocycles. The summed E-state index contributed by atoms with van der Waals surface area (Å²) in [5.74, 6) is 0.548. The van der Waals surface area contributed by atoms with Crippen LogP contribution in [0.3, 0.4) is 0 Å². The van der Waals surface area contributed by atoms with Gasteiger partial charge in [0.25, 0.3) is 0 Å². The van der Waals surface area contributed by atoms with E-state index in [1.54, 1.807) is 29.7 Å². The van der Waals surface area contributed by atoms with Gasteiger partial charge in [-0.25, -0.2) is 9.38 Å². The molecule has 0 aliphatic rings. The number of aliphatic imine (C=N–C) groups is 1. The number of nitrogens with one attached hydrogen (secondary N) is 2. The first-order chi connectivity index (χ1) is 12.6. The quantitative estimate of drug-likeness (QED) is 0.260. The number of aromatic nitrogens is 1. The first kappa shape index (κ1) is 23.1. The van der Waals surface area contributed by atoms with Crippen molar-refractivity contribution in [3.05, 3.63) is 69.9 Å². The highest BCUT2D eigenvalue weighted by molar-refractivity contribution is 14.0. The molecule has 0 saturated heterocycles. The lowest BCUT2D eigenvalue weighted by atomic mass is 10.1. The fourth-order valence-electron chi connectivity index (χ4n) is 2.58. The number of unbranched alkanes of at least 4 members (excludes halogenated alkanes) is 1. The minimum absolute atomic E-state index is 0. The minimum atomic E-state index is -0.194. The van der Waals surface area contributed by atoms with E-state index in [9.17, 15) is 9.18 Å². The molecular formula is C20H28FIN4O. The summed E-state index contributed by atoms with van der Waals surface area (Å²) in [5.41, 5.74) is 1.64. The number of rotatable bonds is 8. The van der Waals surface area contributed by atoms with Crippen molar-refractivity contribution in [3.8, 4) is 0 Å². The Bertz CT molecular complexity index is 792. The van der Waals surface area contributed by atoms with Crippen molar-refractivity contribution in [2.75, 3.05) is 13.1 Å². The lowest BCUT2D eigenvalue weighted by molar-refractivity contribution is 0.585. The molecule has 2 aromatic rings. The van der Waals surface area contributed by atoms with E-state index < -0.39 is 0 Å². The molecule has 148 valence electrons. The maximum atomic E-state index is 13.3. The molecule has 0 aliphatic heterocycles. The molecule has 0 saturated carbocycles. The Kier molecular flexibility index (Phi) is 10.7. The highest BCUT2D eigenvalue weighted by Gasteiger charge is 2.01. The summed E-state index contributed by atoms with van der Waals surface area (Å²) >= 11 is 0. The van der Waals surface area contributed by atoms with Gasteiger partial charge in [-0.15, -0.1) is 24.0 Å². The molecular weight excluding hydrogens is 458 g/mol. The monoisotopic (exact) mass is 486 g/mol. The van der Waals surface area contributed by atoms with Crippen molar-refractivity contribution in [3.63, 3.8) is 0 Å². The molecule has 0 radical (unpaired) electrons. The third-order valence-corrected chi connectivity index (χ3v) is 4.00. The molecule has 2 rings (SSSR count). The van der Waals surface area contributed by atoms with Gasteiger partial charge in [-0.3, -0.25) is 4.79 Å². The van der Waals surface area contributed by atoms with Gasteiger partial charge in [0.2, 0.25) is 5.56 Å². The summed E-state index contributed by atoms with van der Waals surface area (Å²) in [6.45, 7) is 6.52. The molecule has 0 bridgehead atoms. The van der Waals surface area contributed by atoms with Crippen LogP contribution in [0.25, 0.3) is 0 Å². The van der Waals surface area contributed by atoms with Crippen LogP contribution in [-0.2, 0) is 13.1 Å². The Morgan fingerprint density at radius 2 is 2.00 bits per heavy atom. The Balaban J connectivity index is 0.00000364. The predicted molar refractivity (Wildman–Crippen MR) is 119 cm³/mol. The van der Waals surface area contributed by atoms with Crippen LogP contribution >= 0.6 is 24.0 Å². The summed E-state index contributed by atoms with van der Waals surface area (Å²) < 4.78 is 15.0. The van der Waals surface area contributed by atoms with Crippen LogP contribution in [0.1, 0.15) is 30.9 Å². The first-order valence-electron chi connectivity index (χ1n) is 9.03. The van der Waals surface area contributed by atoms with E-state index in [1.165, 1.54) is 6.07 Å². The van der Waals surface area contributed by atoms with Gasteiger partial charge in [0, 0.05) is 31.9 Å². The number of pyridine rings is 1. The number of guanidine groups is 1. The summed E-state index contributed by atoms with van der Waals surface area (Å²) in [6.07, 6.45) is 3.65. The van der Waals surface area contributed by atoms with Gasteiger partial charge in [-0.05, 0) is 49.9 Å². The molecule has 2 N–H and O–H groups in total. The molecule has 27 heavy (non-hydrogen) atoms. The summed E-state index contributed by atoms with van der Waals surface area (Å²) in [6, 6.07) is 10.2. The molecule has 5 nitrogen and oxygen atoms in total. The van der Waals surface area contributed by atoms with Crippen LogP contribution in [0.2, 0.25) is 0 Å². The Morgan fingerprint density at radius 1 is 1.19 bits per heavy atom. The zero-order valence-corrected chi connectivity index (χ0v) is 18.2. The molecule has 1 aromatic carbocycles. The van der Waals surface area contributed by atoms with Crippen molar-refractivity contribution >= 4 is 29.9 Å². The van der Waals surface area contributed by atoms with Gasteiger partial charge < -0.3 is 15.2 Å². The zero-order chi connectivity index (χ0) is 18.8. The van der Waals surface area contributed by atoms with Crippen molar-refractivity contribution in [2.24, 2.45) is 4.99 Å². The maximum absolute atomic E-state index is 13.3. The molecule has 0 amide bonds. The molecule has 0 aliphatic carbocycles. The van der Waals surface area contributed by atoms with E-state index in [-0.39, 0.29) is 35.4 Å². The summed E-state index contributed by atoms with van der Waals surface area (Å²) in [7, 11) is 0. The van der Waals surface area contributed by atoms with Gasteiger partial charge in [0.1, 0.15) is 5.82 Å². The number of aryl methyl sites for hydroxylation is 2. The lowest BCUT2D eigenvalue weighted by Crippen LogP contribution is -2.37. The number of nitrogens with zero attached hydrogens (tertiary/aromatic N) is 2. The highest BCUT2D eigenvalue weighted by atomic mass is 127. The summed E-state index contributed by atoms with van der Waals surface area (Å²) in [4.78, 5) is 16.2. The second kappa shape index (κ2) is 12.5. The van der Waals surface area contributed by atoms with Crippen LogP contribution in [0, 0.1) is 12.7 Å². The van der Waals surface area contributed by atoms with E-state index in [4.69, 9.17) is 0 Å². The van der Waals surface area contributed by atoms with E-state index in [0.717, 1.165) is 37.5 Å². The minimum Gasteiger partial charge on any atom is -0.357 e.